The summed E-state index contributed by atoms with van der Waals surface area (Å²) >= 11 is 0. The number of aromatic nitrogens is 3. The van der Waals surface area contributed by atoms with Crippen LogP contribution in [0, 0.1) is 6.92 Å². The molecule has 0 saturated heterocycles. The number of hydrogen-bond donors (Lipinski definition) is 1. The molecule has 1 aliphatic carbocycles. The van der Waals surface area contributed by atoms with Crippen molar-refractivity contribution in [3.8, 4) is 0 Å². The van der Waals surface area contributed by atoms with Crippen LogP contribution in [0.3, 0.4) is 0 Å². The van der Waals surface area contributed by atoms with Gasteiger partial charge in [-0.15, -0.1) is 10.2 Å². The van der Waals surface area contributed by atoms with Gasteiger partial charge in [0.15, 0.2) is 0 Å². The monoisotopic (exact) mass is 250 g/mol. The highest BCUT2D eigenvalue weighted by atomic mass is 15.3. The van der Waals surface area contributed by atoms with Gasteiger partial charge in [0.25, 0.3) is 0 Å². The van der Waals surface area contributed by atoms with Crippen molar-refractivity contribution < 1.29 is 0 Å². The Hall–Kier alpha value is -0.900. The molecule has 1 aromatic rings. The molecule has 102 valence electrons. The van der Waals surface area contributed by atoms with Crippen molar-refractivity contribution in [1.82, 2.24) is 20.1 Å². The lowest BCUT2D eigenvalue weighted by Gasteiger charge is -2.37. The number of nitrogens with zero attached hydrogens (tertiary/aromatic N) is 3. The Bertz CT molecular complexity index is 388. The highest BCUT2D eigenvalue weighted by Gasteiger charge is 2.32. The third-order valence-electron chi connectivity index (χ3n) is 4.29. The molecule has 0 unspecified atom stereocenters. The zero-order chi connectivity index (χ0) is 13.2. The van der Waals surface area contributed by atoms with Crippen LogP contribution in [0.1, 0.15) is 63.6 Å². The largest absolute Gasteiger partial charge is 0.314 e. The standard InChI is InChI=1S/C14H26N4/c1-11(2)18-12(3)16-17-13(18)10-14(15-4)8-6-5-7-9-14/h11,15H,5-10H2,1-4H3. The Morgan fingerprint density at radius 1 is 1.22 bits per heavy atom. The lowest BCUT2D eigenvalue weighted by atomic mass is 9.79. The molecule has 0 aliphatic heterocycles. The SMILES string of the molecule is CNC1(Cc2nnc(C)n2C(C)C)CCCCC1. The van der Waals surface area contributed by atoms with Crippen LogP contribution in [0.2, 0.25) is 0 Å². The maximum absolute atomic E-state index is 4.40. The highest BCUT2D eigenvalue weighted by molar-refractivity contribution is 5.04. The molecule has 0 bridgehead atoms. The lowest BCUT2D eigenvalue weighted by molar-refractivity contribution is 0.237. The van der Waals surface area contributed by atoms with Crippen LogP contribution in [0.15, 0.2) is 0 Å². The quantitative estimate of drug-likeness (QED) is 0.893. The van der Waals surface area contributed by atoms with Gasteiger partial charge >= 0.3 is 0 Å². The molecule has 4 nitrogen and oxygen atoms in total. The van der Waals surface area contributed by atoms with Gasteiger partial charge in [-0.2, -0.15) is 0 Å². The Morgan fingerprint density at radius 3 is 2.44 bits per heavy atom. The van der Waals surface area contributed by atoms with E-state index in [2.05, 4.69) is 41.0 Å². The molecule has 0 radical (unpaired) electrons. The summed E-state index contributed by atoms with van der Waals surface area (Å²) in [5.74, 6) is 2.17. The van der Waals surface area contributed by atoms with Crippen LogP contribution in [-0.2, 0) is 6.42 Å². The first-order chi connectivity index (χ1) is 8.58. The van der Waals surface area contributed by atoms with Crippen molar-refractivity contribution >= 4 is 0 Å². The van der Waals surface area contributed by atoms with Gasteiger partial charge in [-0.05, 0) is 40.7 Å². The van der Waals surface area contributed by atoms with Crippen molar-refractivity contribution in [2.24, 2.45) is 0 Å². The molecule has 1 aromatic heterocycles. The van der Waals surface area contributed by atoms with Crippen molar-refractivity contribution in [2.45, 2.75) is 70.9 Å². The molecule has 0 spiro atoms. The molecule has 18 heavy (non-hydrogen) atoms. The van der Waals surface area contributed by atoms with Gasteiger partial charge in [0.05, 0.1) is 0 Å². The molecular weight excluding hydrogens is 224 g/mol. The van der Waals surface area contributed by atoms with E-state index in [-0.39, 0.29) is 5.54 Å². The molecule has 1 saturated carbocycles. The molecule has 1 N–H and O–H groups in total. The number of hydrogen-bond acceptors (Lipinski definition) is 3. The Kier molecular flexibility index (Phi) is 4.05. The van der Waals surface area contributed by atoms with Gasteiger partial charge in [0.2, 0.25) is 0 Å². The van der Waals surface area contributed by atoms with Crippen LogP contribution < -0.4 is 5.32 Å². The van der Waals surface area contributed by atoms with E-state index in [1.54, 1.807) is 0 Å². The summed E-state index contributed by atoms with van der Waals surface area (Å²) in [6.07, 6.45) is 7.55. The minimum Gasteiger partial charge on any atom is -0.314 e. The summed E-state index contributed by atoms with van der Waals surface area (Å²) < 4.78 is 2.27. The van der Waals surface area contributed by atoms with Crippen LogP contribution in [0.25, 0.3) is 0 Å². The summed E-state index contributed by atoms with van der Waals surface area (Å²) in [6, 6.07) is 0.437. The third kappa shape index (κ3) is 2.58. The van der Waals surface area contributed by atoms with Crippen molar-refractivity contribution in [1.29, 1.82) is 0 Å². The first kappa shape index (κ1) is 13.5. The summed E-state index contributed by atoms with van der Waals surface area (Å²) in [4.78, 5) is 0. The predicted octanol–water partition coefficient (Wildman–Crippen LogP) is 2.63. The number of rotatable bonds is 4. The van der Waals surface area contributed by atoms with Crippen LogP contribution in [-0.4, -0.2) is 27.4 Å². The molecule has 1 aliphatic rings. The number of nitrogens with one attached hydrogen (secondary N) is 1. The second-order valence-corrected chi connectivity index (χ2v) is 5.89. The average Bonchev–Trinajstić information content (AvgIpc) is 2.71. The fourth-order valence-corrected chi connectivity index (χ4v) is 3.25. The molecular formula is C14H26N4. The first-order valence-corrected chi connectivity index (χ1v) is 7.17. The van der Waals surface area contributed by atoms with Crippen LogP contribution >= 0.6 is 0 Å². The summed E-state index contributed by atoms with van der Waals surface area (Å²) in [5, 5.41) is 12.2. The second kappa shape index (κ2) is 5.39. The fraction of sp³-hybridized carbons (Fsp3) is 0.857. The minimum atomic E-state index is 0.240. The summed E-state index contributed by atoms with van der Waals surface area (Å²) in [5.41, 5.74) is 0.240. The second-order valence-electron chi connectivity index (χ2n) is 5.89. The Morgan fingerprint density at radius 2 is 1.89 bits per heavy atom. The molecule has 0 atom stereocenters. The lowest BCUT2D eigenvalue weighted by Crippen LogP contribution is -2.47. The van der Waals surface area contributed by atoms with E-state index < -0.39 is 0 Å². The molecule has 2 rings (SSSR count). The minimum absolute atomic E-state index is 0.240. The normalized spacial score (nSPS) is 19.4. The number of aryl methyl sites for hydroxylation is 1. The van der Waals surface area contributed by atoms with Gasteiger partial charge in [0, 0.05) is 18.0 Å². The topological polar surface area (TPSA) is 42.7 Å². The number of likely N-dealkylation sites (N-methyl/N-ethyl adjacent to an activating group) is 1. The summed E-state index contributed by atoms with van der Waals surface area (Å²) in [7, 11) is 2.09. The van der Waals surface area contributed by atoms with E-state index in [0.717, 1.165) is 18.1 Å². The third-order valence-corrected chi connectivity index (χ3v) is 4.29. The maximum Gasteiger partial charge on any atom is 0.135 e. The van der Waals surface area contributed by atoms with Crippen LogP contribution in [0.4, 0.5) is 0 Å². The van der Waals surface area contributed by atoms with Crippen molar-refractivity contribution in [3.63, 3.8) is 0 Å². The van der Waals surface area contributed by atoms with E-state index in [1.807, 2.05) is 6.92 Å². The maximum atomic E-state index is 4.40. The zero-order valence-corrected chi connectivity index (χ0v) is 12.2. The molecule has 0 amide bonds. The van der Waals surface area contributed by atoms with E-state index >= 15 is 0 Å². The highest BCUT2D eigenvalue weighted by Crippen LogP contribution is 2.31. The van der Waals surface area contributed by atoms with Crippen molar-refractivity contribution in [3.05, 3.63) is 11.6 Å². The summed E-state index contributed by atoms with van der Waals surface area (Å²) in [6.45, 7) is 6.45. The predicted molar refractivity (Wildman–Crippen MR) is 73.7 cm³/mol. The van der Waals surface area contributed by atoms with Crippen LogP contribution in [0.5, 0.6) is 0 Å². The van der Waals surface area contributed by atoms with Gasteiger partial charge < -0.3 is 9.88 Å². The van der Waals surface area contributed by atoms with E-state index in [0.29, 0.717) is 6.04 Å². The molecule has 1 heterocycles. The Labute approximate surface area is 110 Å². The van der Waals surface area contributed by atoms with Gasteiger partial charge in [-0.3, -0.25) is 0 Å². The smallest absolute Gasteiger partial charge is 0.135 e. The first-order valence-electron chi connectivity index (χ1n) is 7.17. The van der Waals surface area contributed by atoms with Gasteiger partial charge in [-0.25, -0.2) is 0 Å². The molecule has 4 heteroatoms. The molecule has 1 fully saturated rings. The van der Waals surface area contributed by atoms with E-state index in [1.165, 1.54) is 32.1 Å². The van der Waals surface area contributed by atoms with Gasteiger partial charge in [0.1, 0.15) is 11.6 Å². The van der Waals surface area contributed by atoms with Crippen molar-refractivity contribution in [2.75, 3.05) is 7.05 Å². The Balaban J connectivity index is 2.21. The van der Waals surface area contributed by atoms with Gasteiger partial charge in [-0.1, -0.05) is 19.3 Å². The van der Waals surface area contributed by atoms with E-state index in [4.69, 9.17) is 0 Å². The molecule has 0 aromatic carbocycles. The zero-order valence-electron chi connectivity index (χ0n) is 12.2. The fourth-order valence-electron chi connectivity index (χ4n) is 3.25. The van der Waals surface area contributed by atoms with E-state index in [9.17, 15) is 0 Å². The average molecular weight is 250 g/mol.